The molecule has 0 aliphatic carbocycles. The standard InChI is InChI=1S/C12H25N3O/c1-3-7-13-10-12(16)14-11-5-8-15(4-2)9-6-11/h11,13H,3-10H2,1-2H3,(H,14,16). The molecule has 94 valence electrons. The molecule has 4 nitrogen and oxygen atoms in total. The first-order valence-corrected chi connectivity index (χ1v) is 6.48. The quantitative estimate of drug-likeness (QED) is 0.653. The normalized spacial score (nSPS) is 18.6. The van der Waals surface area contributed by atoms with E-state index in [0.717, 1.165) is 45.4 Å². The van der Waals surface area contributed by atoms with Gasteiger partial charge >= 0.3 is 0 Å². The molecule has 0 aromatic carbocycles. The van der Waals surface area contributed by atoms with Crippen molar-refractivity contribution in [2.45, 2.75) is 39.2 Å². The lowest BCUT2D eigenvalue weighted by molar-refractivity contribution is -0.121. The molecular formula is C12H25N3O. The second-order valence-corrected chi connectivity index (χ2v) is 4.45. The van der Waals surface area contributed by atoms with E-state index in [-0.39, 0.29) is 5.91 Å². The molecule has 0 aromatic heterocycles. The van der Waals surface area contributed by atoms with Crippen LogP contribution in [0, 0.1) is 0 Å². The molecule has 0 spiro atoms. The Labute approximate surface area is 98.8 Å². The summed E-state index contributed by atoms with van der Waals surface area (Å²) in [6.45, 7) is 9.02. The van der Waals surface area contributed by atoms with E-state index in [0.29, 0.717) is 12.6 Å². The highest BCUT2D eigenvalue weighted by atomic mass is 16.1. The molecular weight excluding hydrogens is 202 g/mol. The highest BCUT2D eigenvalue weighted by Gasteiger charge is 2.19. The molecule has 1 saturated heterocycles. The van der Waals surface area contributed by atoms with Crippen LogP contribution in [0.4, 0.5) is 0 Å². The number of carbonyl (C=O) groups excluding carboxylic acids is 1. The minimum Gasteiger partial charge on any atom is -0.352 e. The predicted octanol–water partition coefficient (Wildman–Crippen LogP) is 0.587. The number of likely N-dealkylation sites (tertiary alicyclic amines) is 1. The Morgan fingerprint density at radius 3 is 2.56 bits per heavy atom. The van der Waals surface area contributed by atoms with E-state index in [1.54, 1.807) is 0 Å². The molecule has 16 heavy (non-hydrogen) atoms. The fourth-order valence-corrected chi connectivity index (χ4v) is 2.05. The van der Waals surface area contributed by atoms with Gasteiger partial charge in [0.25, 0.3) is 0 Å². The Balaban J connectivity index is 2.10. The van der Waals surface area contributed by atoms with Gasteiger partial charge in [-0.25, -0.2) is 0 Å². The molecule has 0 atom stereocenters. The van der Waals surface area contributed by atoms with Crippen molar-refractivity contribution in [2.75, 3.05) is 32.7 Å². The second-order valence-electron chi connectivity index (χ2n) is 4.45. The summed E-state index contributed by atoms with van der Waals surface area (Å²) in [6, 6.07) is 0.388. The number of amides is 1. The minimum atomic E-state index is 0.142. The summed E-state index contributed by atoms with van der Waals surface area (Å²) in [5.41, 5.74) is 0. The van der Waals surface area contributed by atoms with E-state index in [1.165, 1.54) is 0 Å². The first-order chi connectivity index (χ1) is 7.76. The van der Waals surface area contributed by atoms with Crippen LogP contribution in [0.15, 0.2) is 0 Å². The monoisotopic (exact) mass is 227 g/mol. The number of nitrogens with zero attached hydrogens (tertiary/aromatic N) is 1. The summed E-state index contributed by atoms with van der Waals surface area (Å²) in [6.07, 6.45) is 3.25. The van der Waals surface area contributed by atoms with Gasteiger partial charge in [-0.3, -0.25) is 4.79 Å². The van der Waals surface area contributed by atoms with Crippen LogP contribution in [0.5, 0.6) is 0 Å². The maximum Gasteiger partial charge on any atom is 0.234 e. The Morgan fingerprint density at radius 2 is 2.00 bits per heavy atom. The zero-order valence-corrected chi connectivity index (χ0v) is 10.6. The van der Waals surface area contributed by atoms with Crippen molar-refractivity contribution in [1.29, 1.82) is 0 Å². The Morgan fingerprint density at radius 1 is 1.31 bits per heavy atom. The molecule has 1 amide bonds. The summed E-state index contributed by atoms with van der Waals surface area (Å²) in [7, 11) is 0. The van der Waals surface area contributed by atoms with E-state index >= 15 is 0 Å². The summed E-state index contributed by atoms with van der Waals surface area (Å²) in [5.74, 6) is 0.142. The lowest BCUT2D eigenvalue weighted by atomic mass is 10.1. The maximum atomic E-state index is 11.5. The van der Waals surface area contributed by atoms with Crippen LogP contribution in [0.2, 0.25) is 0 Å². The van der Waals surface area contributed by atoms with Crippen LogP contribution in [0.3, 0.4) is 0 Å². The summed E-state index contributed by atoms with van der Waals surface area (Å²) in [5, 5.41) is 6.22. The van der Waals surface area contributed by atoms with Gasteiger partial charge in [0, 0.05) is 19.1 Å². The van der Waals surface area contributed by atoms with Gasteiger partial charge in [0.15, 0.2) is 0 Å². The molecule has 0 bridgehead atoms. The van der Waals surface area contributed by atoms with Crippen molar-refractivity contribution in [3.8, 4) is 0 Å². The third-order valence-electron chi connectivity index (χ3n) is 3.11. The fourth-order valence-electron chi connectivity index (χ4n) is 2.05. The van der Waals surface area contributed by atoms with Gasteiger partial charge in [-0.1, -0.05) is 13.8 Å². The van der Waals surface area contributed by atoms with Crippen LogP contribution in [-0.4, -0.2) is 49.6 Å². The molecule has 4 heteroatoms. The molecule has 1 rings (SSSR count). The van der Waals surface area contributed by atoms with Crippen LogP contribution in [-0.2, 0) is 4.79 Å². The van der Waals surface area contributed by atoms with E-state index in [4.69, 9.17) is 0 Å². The van der Waals surface area contributed by atoms with Gasteiger partial charge in [0.1, 0.15) is 0 Å². The molecule has 0 saturated carbocycles. The van der Waals surface area contributed by atoms with E-state index in [1.807, 2.05) is 0 Å². The van der Waals surface area contributed by atoms with Crippen molar-refractivity contribution >= 4 is 5.91 Å². The number of rotatable bonds is 6. The Bertz CT molecular complexity index is 200. The van der Waals surface area contributed by atoms with Gasteiger partial charge in [0.05, 0.1) is 6.54 Å². The van der Waals surface area contributed by atoms with Crippen molar-refractivity contribution in [2.24, 2.45) is 0 Å². The topological polar surface area (TPSA) is 44.4 Å². The molecule has 1 heterocycles. The maximum absolute atomic E-state index is 11.5. The minimum absolute atomic E-state index is 0.142. The predicted molar refractivity (Wildman–Crippen MR) is 66.4 cm³/mol. The van der Waals surface area contributed by atoms with Crippen LogP contribution < -0.4 is 10.6 Å². The highest BCUT2D eigenvalue weighted by molar-refractivity contribution is 5.78. The average Bonchev–Trinajstić information content (AvgIpc) is 2.30. The smallest absolute Gasteiger partial charge is 0.234 e. The third-order valence-corrected chi connectivity index (χ3v) is 3.11. The van der Waals surface area contributed by atoms with Crippen molar-refractivity contribution in [3.05, 3.63) is 0 Å². The van der Waals surface area contributed by atoms with E-state index < -0.39 is 0 Å². The van der Waals surface area contributed by atoms with E-state index in [9.17, 15) is 4.79 Å². The molecule has 1 aliphatic heterocycles. The summed E-state index contributed by atoms with van der Waals surface area (Å²) < 4.78 is 0. The highest BCUT2D eigenvalue weighted by Crippen LogP contribution is 2.09. The molecule has 0 unspecified atom stereocenters. The zero-order valence-electron chi connectivity index (χ0n) is 10.6. The number of hydrogen-bond acceptors (Lipinski definition) is 3. The fraction of sp³-hybridized carbons (Fsp3) is 0.917. The number of carbonyl (C=O) groups is 1. The average molecular weight is 227 g/mol. The van der Waals surface area contributed by atoms with Crippen LogP contribution in [0.25, 0.3) is 0 Å². The molecule has 1 aliphatic rings. The number of hydrogen-bond donors (Lipinski definition) is 2. The lowest BCUT2D eigenvalue weighted by Crippen LogP contribution is -2.46. The summed E-state index contributed by atoms with van der Waals surface area (Å²) >= 11 is 0. The van der Waals surface area contributed by atoms with Crippen molar-refractivity contribution in [3.63, 3.8) is 0 Å². The SMILES string of the molecule is CCCNCC(=O)NC1CCN(CC)CC1. The zero-order chi connectivity index (χ0) is 11.8. The number of piperidine rings is 1. The molecule has 1 fully saturated rings. The van der Waals surface area contributed by atoms with E-state index in [2.05, 4.69) is 29.4 Å². The van der Waals surface area contributed by atoms with Gasteiger partial charge in [-0.05, 0) is 32.4 Å². The second kappa shape index (κ2) is 7.63. The number of nitrogens with one attached hydrogen (secondary N) is 2. The van der Waals surface area contributed by atoms with Gasteiger partial charge < -0.3 is 15.5 Å². The van der Waals surface area contributed by atoms with Gasteiger partial charge in [-0.15, -0.1) is 0 Å². The molecule has 0 radical (unpaired) electrons. The first-order valence-electron chi connectivity index (χ1n) is 6.48. The van der Waals surface area contributed by atoms with Crippen molar-refractivity contribution in [1.82, 2.24) is 15.5 Å². The Hall–Kier alpha value is -0.610. The summed E-state index contributed by atoms with van der Waals surface area (Å²) in [4.78, 5) is 14.0. The van der Waals surface area contributed by atoms with Crippen LogP contribution >= 0.6 is 0 Å². The first kappa shape index (κ1) is 13.5. The molecule has 2 N–H and O–H groups in total. The molecule has 0 aromatic rings. The lowest BCUT2D eigenvalue weighted by Gasteiger charge is -2.31. The largest absolute Gasteiger partial charge is 0.352 e. The van der Waals surface area contributed by atoms with Crippen molar-refractivity contribution < 1.29 is 4.79 Å². The van der Waals surface area contributed by atoms with Crippen LogP contribution in [0.1, 0.15) is 33.1 Å². The third kappa shape index (κ3) is 4.94. The van der Waals surface area contributed by atoms with Gasteiger partial charge in [-0.2, -0.15) is 0 Å². The van der Waals surface area contributed by atoms with Gasteiger partial charge in [0.2, 0.25) is 5.91 Å². The Kier molecular flexibility index (Phi) is 6.42.